The van der Waals surface area contributed by atoms with Gasteiger partial charge in [-0.15, -0.1) is 0 Å². The number of benzene rings is 2. The molecule has 0 amide bonds. The van der Waals surface area contributed by atoms with Crippen LogP contribution < -0.4 is 5.73 Å². The molecule has 0 atom stereocenters. The normalized spacial score (nSPS) is 11.3. The maximum absolute atomic E-state index is 9.95. The fourth-order valence-corrected chi connectivity index (χ4v) is 2.02. The number of furan rings is 1. The Balaban J connectivity index is 2.64. The van der Waals surface area contributed by atoms with Crippen LogP contribution in [0.4, 0.5) is 5.69 Å². The highest BCUT2D eigenvalue weighted by Crippen LogP contribution is 2.39. The maximum atomic E-state index is 9.95. The standard InChI is InChI=1S/C13H11NO2/c1-7-6-9(15)11-8-4-2-3-5-10(8)16-13(11)12(7)14/h2-6,15H,14H2,1H3. The predicted molar refractivity (Wildman–Crippen MR) is 64.5 cm³/mol. The minimum Gasteiger partial charge on any atom is -0.507 e. The first kappa shape index (κ1) is 9.09. The SMILES string of the molecule is Cc1cc(O)c2c(oc3ccccc32)c1N. The highest BCUT2D eigenvalue weighted by Gasteiger charge is 2.14. The molecule has 0 fully saturated rings. The lowest BCUT2D eigenvalue weighted by Gasteiger charge is -2.02. The van der Waals surface area contributed by atoms with E-state index in [1.54, 1.807) is 6.07 Å². The van der Waals surface area contributed by atoms with Gasteiger partial charge in [0.1, 0.15) is 11.3 Å². The van der Waals surface area contributed by atoms with Gasteiger partial charge in [0.25, 0.3) is 0 Å². The smallest absolute Gasteiger partial charge is 0.162 e. The first-order valence-corrected chi connectivity index (χ1v) is 5.08. The second-order valence-electron chi connectivity index (χ2n) is 3.93. The molecular formula is C13H11NO2. The summed E-state index contributed by atoms with van der Waals surface area (Å²) in [6.07, 6.45) is 0. The number of anilines is 1. The summed E-state index contributed by atoms with van der Waals surface area (Å²) in [5.41, 5.74) is 8.67. The molecule has 0 saturated heterocycles. The van der Waals surface area contributed by atoms with Crippen molar-refractivity contribution in [3.05, 3.63) is 35.9 Å². The van der Waals surface area contributed by atoms with E-state index in [9.17, 15) is 5.11 Å². The van der Waals surface area contributed by atoms with E-state index in [2.05, 4.69) is 0 Å². The summed E-state index contributed by atoms with van der Waals surface area (Å²) in [5, 5.41) is 11.5. The second kappa shape index (κ2) is 2.92. The number of aryl methyl sites for hydroxylation is 1. The quantitative estimate of drug-likeness (QED) is 0.445. The molecule has 3 aromatic rings. The minimum atomic E-state index is 0.214. The van der Waals surface area contributed by atoms with Crippen molar-refractivity contribution in [2.24, 2.45) is 0 Å². The summed E-state index contributed by atoms with van der Waals surface area (Å²) in [4.78, 5) is 0. The molecule has 3 rings (SSSR count). The van der Waals surface area contributed by atoms with Crippen molar-refractivity contribution in [2.75, 3.05) is 5.73 Å². The highest BCUT2D eigenvalue weighted by atomic mass is 16.3. The lowest BCUT2D eigenvalue weighted by Crippen LogP contribution is -1.89. The number of hydrogen-bond donors (Lipinski definition) is 2. The molecule has 0 radical (unpaired) electrons. The Kier molecular flexibility index (Phi) is 1.66. The largest absolute Gasteiger partial charge is 0.507 e. The van der Waals surface area contributed by atoms with Crippen molar-refractivity contribution >= 4 is 27.6 Å². The third kappa shape index (κ3) is 1.03. The van der Waals surface area contributed by atoms with Crippen LogP contribution in [0.3, 0.4) is 0 Å². The van der Waals surface area contributed by atoms with Crippen molar-refractivity contribution in [1.82, 2.24) is 0 Å². The summed E-state index contributed by atoms with van der Waals surface area (Å²) in [7, 11) is 0. The Hall–Kier alpha value is -2.16. The third-order valence-electron chi connectivity index (χ3n) is 2.87. The van der Waals surface area contributed by atoms with Crippen LogP contribution in [-0.2, 0) is 0 Å². The van der Waals surface area contributed by atoms with Crippen molar-refractivity contribution in [2.45, 2.75) is 6.92 Å². The van der Waals surface area contributed by atoms with Crippen LogP contribution in [0.5, 0.6) is 5.75 Å². The number of hydrogen-bond acceptors (Lipinski definition) is 3. The van der Waals surface area contributed by atoms with Gasteiger partial charge in [0, 0.05) is 5.39 Å². The van der Waals surface area contributed by atoms with Crippen molar-refractivity contribution in [3.8, 4) is 5.75 Å². The molecule has 3 nitrogen and oxygen atoms in total. The zero-order chi connectivity index (χ0) is 11.3. The summed E-state index contributed by atoms with van der Waals surface area (Å²) in [6.45, 7) is 1.85. The van der Waals surface area contributed by atoms with Crippen molar-refractivity contribution in [3.63, 3.8) is 0 Å². The molecule has 0 saturated carbocycles. The molecule has 0 spiro atoms. The van der Waals surface area contributed by atoms with Gasteiger partial charge in [-0.3, -0.25) is 0 Å². The number of nitrogen functional groups attached to an aromatic ring is 1. The van der Waals surface area contributed by atoms with Gasteiger partial charge in [0.2, 0.25) is 0 Å². The Labute approximate surface area is 92.1 Å². The van der Waals surface area contributed by atoms with E-state index in [1.165, 1.54) is 0 Å². The van der Waals surface area contributed by atoms with Crippen LogP contribution in [0, 0.1) is 6.92 Å². The van der Waals surface area contributed by atoms with Crippen LogP contribution in [0.1, 0.15) is 5.56 Å². The Bertz CT molecular complexity index is 698. The number of phenols is 1. The zero-order valence-corrected chi connectivity index (χ0v) is 8.82. The van der Waals surface area contributed by atoms with Gasteiger partial charge in [-0.2, -0.15) is 0 Å². The number of fused-ring (bicyclic) bond motifs is 3. The fourth-order valence-electron chi connectivity index (χ4n) is 2.02. The second-order valence-corrected chi connectivity index (χ2v) is 3.93. The van der Waals surface area contributed by atoms with Crippen molar-refractivity contribution < 1.29 is 9.52 Å². The van der Waals surface area contributed by atoms with Crippen LogP contribution in [0.2, 0.25) is 0 Å². The Morgan fingerprint density at radius 3 is 2.81 bits per heavy atom. The van der Waals surface area contributed by atoms with Gasteiger partial charge in [-0.25, -0.2) is 0 Å². The Morgan fingerprint density at radius 1 is 1.25 bits per heavy atom. The number of phenolic OH excluding ortho intramolecular Hbond substituents is 1. The number of nitrogens with two attached hydrogens (primary N) is 1. The first-order chi connectivity index (χ1) is 7.68. The number of para-hydroxylation sites is 1. The molecule has 3 heteroatoms. The van der Waals surface area contributed by atoms with Gasteiger partial charge in [0.15, 0.2) is 5.58 Å². The van der Waals surface area contributed by atoms with Crippen LogP contribution in [0.15, 0.2) is 34.7 Å². The number of rotatable bonds is 0. The summed E-state index contributed by atoms with van der Waals surface area (Å²) >= 11 is 0. The molecule has 0 unspecified atom stereocenters. The molecule has 0 bridgehead atoms. The first-order valence-electron chi connectivity index (χ1n) is 5.08. The van der Waals surface area contributed by atoms with Gasteiger partial charge < -0.3 is 15.3 Å². The van der Waals surface area contributed by atoms with Gasteiger partial charge >= 0.3 is 0 Å². The zero-order valence-electron chi connectivity index (χ0n) is 8.82. The van der Waals surface area contributed by atoms with Crippen LogP contribution in [0.25, 0.3) is 21.9 Å². The van der Waals surface area contributed by atoms with Gasteiger partial charge in [0.05, 0.1) is 11.1 Å². The fraction of sp³-hybridized carbons (Fsp3) is 0.0769. The van der Waals surface area contributed by atoms with Gasteiger partial charge in [-0.1, -0.05) is 18.2 Å². The highest BCUT2D eigenvalue weighted by molar-refractivity contribution is 6.12. The lowest BCUT2D eigenvalue weighted by atomic mass is 10.1. The van der Waals surface area contributed by atoms with E-state index in [0.29, 0.717) is 16.7 Å². The molecule has 2 aromatic carbocycles. The van der Waals surface area contributed by atoms with Crippen molar-refractivity contribution in [1.29, 1.82) is 0 Å². The Morgan fingerprint density at radius 2 is 2.00 bits per heavy atom. The summed E-state index contributed by atoms with van der Waals surface area (Å²) in [6, 6.07) is 9.25. The maximum Gasteiger partial charge on any atom is 0.162 e. The van der Waals surface area contributed by atoms with Gasteiger partial charge in [-0.05, 0) is 24.6 Å². The summed E-state index contributed by atoms with van der Waals surface area (Å²) < 4.78 is 5.66. The van der Waals surface area contributed by atoms with E-state index >= 15 is 0 Å². The molecular weight excluding hydrogens is 202 g/mol. The van der Waals surface area contributed by atoms with Crippen LogP contribution >= 0.6 is 0 Å². The van der Waals surface area contributed by atoms with Crippen LogP contribution in [-0.4, -0.2) is 5.11 Å². The molecule has 1 heterocycles. The molecule has 80 valence electrons. The van der Waals surface area contributed by atoms with E-state index in [-0.39, 0.29) is 5.75 Å². The molecule has 3 N–H and O–H groups in total. The minimum absolute atomic E-state index is 0.214. The van der Waals surface area contributed by atoms with E-state index < -0.39 is 0 Å². The third-order valence-corrected chi connectivity index (χ3v) is 2.87. The number of aromatic hydroxyl groups is 1. The van der Waals surface area contributed by atoms with E-state index in [4.69, 9.17) is 10.2 Å². The molecule has 0 aliphatic rings. The molecule has 1 aromatic heterocycles. The average Bonchev–Trinajstić information content (AvgIpc) is 2.65. The van der Waals surface area contributed by atoms with E-state index in [1.807, 2.05) is 31.2 Å². The molecule has 16 heavy (non-hydrogen) atoms. The molecule has 0 aliphatic carbocycles. The topological polar surface area (TPSA) is 59.4 Å². The predicted octanol–water partition coefficient (Wildman–Crippen LogP) is 3.18. The molecule has 0 aliphatic heterocycles. The average molecular weight is 213 g/mol. The lowest BCUT2D eigenvalue weighted by molar-refractivity contribution is 0.481. The summed E-state index contributed by atoms with van der Waals surface area (Å²) in [5.74, 6) is 0.214. The monoisotopic (exact) mass is 213 g/mol. The van der Waals surface area contributed by atoms with E-state index in [0.717, 1.165) is 16.5 Å².